The van der Waals surface area contributed by atoms with E-state index in [0.29, 0.717) is 67.6 Å². The Kier molecular flexibility index (Phi) is 16.4. The highest BCUT2D eigenvalue weighted by atomic mass is 35.5. The van der Waals surface area contributed by atoms with Crippen LogP contribution in [0.15, 0.2) is 73.6 Å². The highest BCUT2D eigenvalue weighted by Gasteiger charge is 2.30. The quantitative estimate of drug-likeness (QED) is 0.157. The Bertz CT molecular complexity index is 3440. The molecule has 8 aromatic heterocycles. The lowest BCUT2D eigenvalue weighted by molar-refractivity contribution is 0.0212. The van der Waals surface area contributed by atoms with E-state index in [0.717, 1.165) is 92.1 Å². The van der Waals surface area contributed by atoms with E-state index in [-0.39, 0.29) is 19.6 Å². The number of ether oxygens (including phenoxy) is 2. The van der Waals surface area contributed by atoms with Crippen molar-refractivity contribution in [3.63, 3.8) is 0 Å². The molecule has 18 nitrogen and oxygen atoms in total. The van der Waals surface area contributed by atoms with Gasteiger partial charge in [-0.1, -0.05) is 45.0 Å². The summed E-state index contributed by atoms with van der Waals surface area (Å²) in [6.07, 6.45) is 21.8. The van der Waals surface area contributed by atoms with Crippen molar-refractivity contribution >= 4 is 85.4 Å². The number of nitrogen functional groups attached to an aromatic ring is 1. The van der Waals surface area contributed by atoms with Crippen molar-refractivity contribution in [2.24, 2.45) is 11.8 Å². The number of rotatable bonds is 4. The molecule has 4 aliphatic rings. The van der Waals surface area contributed by atoms with Gasteiger partial charge in [-0.25, -0.2) is 29.5 Å². The van der Waals surface area contributed by atoms with Gasteiger partial charge in [-0.2, -0.15) is 9.97 Å². The van der Waals surface area contributed by atoms with Crippen LogP contribution in [0.1, 0.15) is 149 Å². The Morgan fingerprint density at radius 2 is 1.08 bits per heavy atom. The van der Waals surface area contributed by atoms with E-state index in [1.54, 1.807) is 15.9 Å². The van der Waals surface area contributed by atoms with Crippen molar-refractivity contribution in [3.05, 3.63) is 101 Å². The molecule has 10 heterocycles. The van der Waals surface area contributed by atoms with Crippen LogP contribution >= 0.6 is 11.6 Å². The molecule has 0 bridgehead atoms. The van der Waals surface area contributed by atoms with Crippen LogP contribution in [0.2, 0.25) is 5.15 Å². The summed E-state index contributed by atoms with van der Waals surface area (Å²) in [7, 11) is 0. The SMILES string of the molecule is C.CC(C)(C)OC(=O)N1CCc2nc(Cl)ccc2C1.CC1CCC(n2c3cnccc3c3cnc(N)nc32)CC1.CC1CCC(n2c3cnccc3c3cnc(Nc4ccc5c(n4)CCN(C(=O)OC(C)(C)C)C5)nc32)CC1. The van der Waals surface area contributed by atoms with Gasteiger partial charge in [0.05, 0.1) is 36.5 Å². The molecule has 12 rings (SSSR count). The first-order valence-electron chi connectivity index (χ1n) is 27.2. The predicted octanol–water partition coefficient (Wildman–Crippen LogP) is 13.1. The standard InChI is InChI=1S/C29H35N7O2.C16H19N5.C13H17ClN2O2.CH4/c1-18-5-8-20(9-6-18)36-24-16-30-13-11-21(24)22-15-31-27(34-26(22)36)33-25-10-7-19-17-35(14-12-23(19)32-25)28(37)38-29(2,3)4;1-10-2-4-11(5-3-10)21-14-9-18-7-6-12(14)13-8-19-16(17)20-15(13)21;1-13(2,3)18-12(17)16-7-6-10-9(8-16)4-5-11(14)15-10;/h7,10-11,13,15-16,18,20H,5-6,8-9,12,14,17H2,1-4H3,(H,31,32,33,34);6-11H,2-5H2,1H3,(H2,17,19,20);4-5H,6-8H2,1-3H3;1H4. The van der Waals surface area contributed by atoms with Crippen LogP contribution in [-0.4, -0.2) is 95.3 Å². The van der Waals surface area contributed by atoms with Crippen LogP contribution in [0, 0.1) is 11.8 Å². The molecule has 0 aromatic carbocycles. The highest BCUT2D eigenvalue weighted by molar-refractivity contribution is 6.29. The van der Waals surface area contributed by atoms with Gasteiger partial charge in [0.2, 0.25) is 11.9 Å². The molecule has 0 radical (unpaired) electrons. The topological polar surface area (TPSA) is 210 Å². The van der Waals surface area contributed by atoms with Crippen LogP contribution in [0.5, 0.6) is 0 Å². The molecule has 0 spiro atoms. The summed E-state index contributed by atoms with van der Waals surface area (Å²) in [6.45, 7) is 18.2. The third-order valence-corrected chi connectivity index (χ3v) is 15.2. The van der Waals surface area contributed by atoms with E-state index >= 15 is 0 Å². The van der Waals surface area contributed by atoms with E-state index in [4.69, 9.17) is 36.8 Å². The van der Waals surface area contributed by atoms with Crippen LogP contribution < -0.4 is 11.1 Å². The molecule has 0 unspecified atom stereocenters. The third kappa shape index (κ3) is 12.5. The molecule has 3 N–H and O–H groups in total. The Morgan fingerprint density at radius 3 is 1.59 bits per heavy atom. The first kappa shape index (κ1) is 55.5. The molecular formula is C59H75ClN14O4. The average Bonchev–Trinajstić information content (AvgIpc) is 3.90. The fraction of sp³-hybridized carbons (Fsp3) is 0.492. The molecule has 412 valence electrons. The van der Waals surface area contributed by atoms with Crippen molar-refractivity contribution in [2.75, 3.05) is 24.1 Å². The zero-order valence-corrected chi connectivity index (χ0v) is 46.3. The Morgan fingerprint density at radius 1 is 0.603 bits per heavy atom. The summed E-state index contributed by atoms with van der Waals surface area (Å²) in [5.74, 6) is 3.16. The lowest BCUT2D eigenvalue weighted by atomic mass is 9.87. The number of carbonyl (C=O) groups is 2. The van der Waals surface area contributed by atoms with E-state index < -0.39 is 11.2 Å². The number of hydrogen-bond donors (Lipinski definition) is 2. The van der Waals surface area contributed by atoms with Gasteiger partial charge < -0.3 is 39.5 Å². The molecule has 0 saturated heterocycles. The summed E-state index contributed by atoms with van der Waals surface area (Å²) < 4.78 is 15.6. The van der Waals surface area contributed by atoms with Gasteiger partial charge in [-0.3, -0.25) is 9.97 Å². The van der Waals surface area contributed by atoms with Gasteiger partial charge in [0.15, 0.2) is 0 Å². The van der Waals surface area contributed by atoms with Crippen LogP contribution in [0.3, 0.4) is 0 Å². The maximum Gasteiger partial charge on any atom is 0.410 e. The summed E-state index contributed by atoms with van der Waals surface area (Å²) in [6, 6.07) is 12.6. The molecule has 2 fully saturated rings. The Hall–Kier alpha value is -7.21. The molecule has 19 heteroatoms. The zero-order valence-electron chi connectivity index (χ0n) is 45.6. The number of hydrogen-bond acceptors (Lipinski definition) is 14. The summed E-state index contributed by atoms with van der Waals surface area (Å²) >= 11 is 5.85. The number of anilines is 3. The zero-order chi connectivity index (χ0) is 54.2. The summed E-state index contributed by atoms with van der Waals surface area (Å²) in [5.41, 5.74) is 13.0. The number of halogens is 1. The first-order valence-corrected chi connectivity index (χ1v) is 27.5. The summed E-state index contributed by atoms with van der Waals surface area (Å²) in [4.78, 5) is 64.0. The second-order valence-corrected chi connectivity index (χ2v) is 23.6. The highest BCUT2D eigenvalue weighted by Crippen LogP contribution is 2.40. The normalized spacial score (nSPS) is 19.4. The fourth-order valence-electron chi connectivity index (χ4n) is 11.1. The number of amides is 2. The maximum absolute atomic E-state index is 12.5. The van der Waals surface area contributed by atoms with Crippen LogP contribution in [0.4, 0.5) is 27.3 Å². The van der Waals surface area contributed by atoms with Crippen molar-refractivity contribution in [2.45, 2.75) is 163 Å². The number of aromatic nitrogens is 10. The minimum absolute atomic E-state index is 0. The van der Waals surface area contributed by atoms with Crippen LogP contribution in [0.25, 0.3) is 43.9 Å². The van der Waals surface area contributed by atoms with Gasteiger partial charge in [0, 0.05) is 95.7 Å². The molecule has 2 amide bonds. The third-order valence-electron chi connectivity index (χ3n) is 15.0. The molecular weight excluding hydrogens is 1000 g/mol. The van der Waals surface area contributed by atoms with Gasteiger partial charge in [-0.05, 0) is 140 Å². The summed E-state index contributed by atoms with van der Waals surface area (Å²) in [5, 5.41) is 8.25. The van der Waals surface area contributed by atoms with Gasteiger partial charge in [0.1, 0.15) is 33.5 Å². The lowest BCUT2D eigenvalue weighted by Gasteiger charge is -2.30. The smallest absolute Gasteiger partial charge is 0.410 e. The van der Waals surface area contributed by atoms with Crippen LogP contribution in [-0.2, 0) is 35.4 Å². The number of nitrogens with one attached hydrogen (secondary N) is 1. The number of fused-ring (bicyclic) bond motifs is 8. The number of nitrogens with two attached hydrogens (primary N) is 1. The minimum atomic E-state index is -0.512. The van der Waals surface area contributed by atoms with E-state index in [2.05, 4.69) is 64.3 Å². The number of carbonyl (C=O) groups excluding carboxylic acids is 2. The Balaban J connectivity index is 0.000000156. The average molecular weight is 1080 g/mol. The fourth-order valence-corrected chi connectivity index (χ4v) is 11.3. The van der Waals surface area contributed by atoms with Gasteiger partial charge in [0.25, 0.3) is 0 Å². The second-order valence-electron chi connectivity index (χ2n) is 23.2. The lowest BCUT2D eigenvalue weighted by Crippen LogP contribution is -2.40. The maximum atomic E-state index is 12.5. The van der Waals surface area contributed by atoms with Gasteiger partial charge in [-0.15, -0.1) is 0 Å². The molecule has 2 aliphatic heterocycles. The largest absolute Gasteiger partial charge is 0.444 e. The first-order chi connectivity index (χ1) is 36.8. The monoisotopic (exact) mass is 1080 g/mol. The number of pyridine rings is 4. The molecule has 2 saturated carbocycles. The van der Waals surface area contributed by atoms with E-state index in [9.17, 15) is 9.59 Å². The molecule has 2 aliphatic carbocycles. The minimum Gasteiger partial charge on any atom is -0.444 e. The van der Waals surface area contributed by atoms with Crippen molar-refractivity contribution < 1.29 is 19.1 Å². The predicted molar refractivity (Wildman–Crippen MR) is 308 cm³/mol. The van der Waals surface area contributed by atoms with E-state index in [1.165, 1.54) is 43.9 Å². The van der Waals surface area contributed by atoms with E-state index in [1.807, 2.05) is 103 Å². The second kappa shape index (κ2) is 23.0. The molecule has 0 atom stereocenters. The number of nitrogens with zero attached hydrogens (tertiary/aromatic N) is 12. The van der Waals surface area contributed by atoms with Gasteiger partial charge >= 0.3 is 12.2 Å². The van der Waals surface area contributed by atoms with Crippen molar-refractivity contribution in [3.8, 4) is 0 Å². The van der Waals surface area contributed by atoms with Crippen molar-refractivity contribution in [1.29, 1.82) is 0 Å². The molecule has 8 aromatic rings. The Labute approximate surface area is 461 Å². The van der Waals surface area contributed by atoms with Crippen molar-refractivity contribution in [1.82, 2.24) is 58.8 Å². The molecule has 78 heavy (non-hydrogen) atoms.